The van der Waals surface area contributed by atoms with Gasteiger partial charge < -0.3 is 20.3 Å². The van der Waals surface area contributed by atoms with Crippen LogP contribution in [0.15, 0.2) is 108 Å². The third-order valence-corrected chi connectivity index (χ3v) is 9.78. The fourth-order valence-electron chi connectivity index (χ4n) is 6.50. The first-order valence-corrected chi connectivity index (χ1v) is 17.6. The van der Waals surface area contributed by atoms with Crippen molar-refractivity contribution >= 4 is 51.5 Å². The number of aromatic amines is 1. The first-order chi connectivity index (χ1) is 24.0. The van der Waals surface area contributed by atoms with Crippen LogP contribution in [0.1, 0.15) is 69.0 Å². The van der Waals surface area contributed by atoms with Crippen molar-refractivity contribution in [2.75, 3.05) is 6.54 Å². The van der Waals surface area contributed by atoms with E-state index in [4.69, 9.17) is 15.0 Å². The molecule has 13 nitrogen and oxygen atoms in total. The second-order valence-corrected chi connectivity index (χ2v) is 13.6. The number of nitrogens with zero attached hydrogens (tertiary/aromatic N) is 3. The van der Waals surface area contributed by atoms with E-state index in [0.717, 1.165) is 22.3 Å². The normalized spacial score (nSPS) is 18.3. The number of aromatic nitrogens is 1. The molecule has 8 bridgehead atoms. The van der Waals surface area contributed by atoms with Crippen LogP contribution in [0, 0.1) is 6.92 Å². The Labute approximate surface area is 295 Å². The SMILES string of the molecule is C=CC1=C(C)C2=NC1=Cc1[nH]c(c(CCC(=O)O)c1C)C=C1N=C(C=C3N=C(C(C=C)=C3C)C2=C(O)CCNS(=O)(=O)O)C(C)=C1CCC(=O)O. The summed E-state index contributed by atoms with van der Waals surface area (Å²) in [5.74, 6) is -2.16. The number of hydrogen-bond acceptors (Lipinski definition) is 8. The van der Waals surface area contributed by atoms with Crippen LogP contribution in [-0.2, 0) is 26.3 Å². The van der Waals surface area contributed by atoms with Gasteiger partial charge in [0.05, 0.1) is 39.8 Å². The van der Waals surface area contributed by atoms with Crippen LogP contribution in [0.3, 0.4) is 0 Å². The van der Waals surface area contributed by atoms with Gasteiger partial charge in [0.15, 0.2) is 0 Å². The van der Waals surface area contributed by atoms with Crippen molar-refractivity contribution in [3.63, 3.8) is 0 Å². The molecule has 4 aliphatic rings. The van der Waals surface area contributed by atoms with E-state index >= 15 is 0 Å². The number of H-pyrrole nitrogens is 1. The number of nitrogens with one attached hydrogen (secondary N) is 2. The Kier molecular flexibility index (Phi) is 10.4. The van der Waals surface area contributed by atoms with Crippen molar-refractivity contribution in [3.05, 3.63) is 116 Å². The number of fused-ring (bicyclic) bond motifs is 5. The van der Waals surface area contributed by atoms with E-state index in [2.05, 4.69) is 18.1 Å². The molecular weight excluding hydrogens is 675 g/mol. The summed E-state index contributed by atoms with van der Waals surface area (Å²) in [5.41, 5.74) is 9.92. The van der Waals surface area contributed by atoms with E-state index < -0.39 is 22.2 Å². The molecule has 0 aliphatic carbocycles. The first-order valence-electron chi connectivity index (χ1n) is 16.1. The molecule has 266 valence electrons. The Bertz CT molecular complexity index is 2230. The predicted octanol–water partition coefficient (Wildman–Crippen LogP) is 6.06. The molecule has 0 spiro atoms. The van der Waals surface area contributed by atoms with Crippen molar-refractivity contribution in [2.24, 2.45) is 15.0 Å². The van der Waals surface area contributed by atoms with Crippen LogP contribution < -0.4 is 4.72 Å². The fourth-order valence-corrected chi connectivity index (χ4v) is 6.86. The smallest absolute Gasteiger partial charge is 0.333 e. The molecule has 1 aromatic rings. The van der Waals surface area contributed by atoms with Crippen LogP contribution in [0.25, 0.3) is 12.2 Å². The van der Waals surface area contributed by atoms with Gasteiger partial charge in [-0.05, 0) is 92.2 Å². The molecular formula is C37H39N5O8S. The largest absolute Gasteiger partial charge is 0.511 e. The molecule has 51 heavy (non-hydrogen) atoms. The summed E-state index contributed by atoms with van der Waals surface area (Å²) in [5, 5.41) is 30.7. The van der Waals surface area contributed by atoms with Crippen LogP contribution in [0.4, 0.5) is 0 Å². The second-order valence-electron chi connectivity index (χ2n) is 12.4. The van der Waals surface area contributed by atoms with E-state index in [1.165, 1.54) is 0 Å². The van der Waals surface area contributed by atoms with E-state index in [1.54, 1.807) is 18.2 Å². The molecule has 0 saturated carbocycles. The number of rotatable bonds is 12. The summed E-state index contributed by atoms with van der Waals surface area (Å²) in [6, 6.07) is 0. The number of hydrogen-bond donors (Lipinski definition) is 6. The average Bonchev–Trinajstić information content (AvgIpc) is 3.71. The molecule has 0 saturated heterocycles. The Morgan fingerprint density at radius 2 is 1.41 bits per heavy atom. The summed E-state index contributed by atoms with van der Waals surface area (Å²) in [6.45, 7) is 15.1. The quantitative estimate of drug-likeness (QED) is 0.110. The highest BCUT2D eigenvalue weighted by Crippen LogP contribution is 2.39. The zero-order valence-corrected chi connectivity index (χ0v) is 29.5. The third-order valence-electron chi connectivity index (χ3n) is 9.21. The molecule has 0 aromatic carbocycles. The van der Waals surface area contributed by atoms with E-state index in [0.29, 0.717) is 67.9 Å². The minimum atomic E-state index is -4.53. The van der Waals surface area contributed by atoms with Crippen LogP contribution in [0.5, 0.6) is 0 Å². The van der Waals surface area contributed by atoms with Crippen molar-refractivity contribution in [1.82, 2.24) is 9.71 Å². The fraction of sp³-hybridized carbons (Fsp3) is 0.270. The Balaban J connectivity index is 1.86. The lowest BCUT2D eigenvalue weighted by atomic mass is 9.91. The Hall–Kier alpha value is -5.44. The summed E-state index contributed by atoms with van der Waals surface area (Å²) in [7, 11) is -4.53. The molecule has 0 radical (unpaired) electrons. The number of aliphatic hydroxyl groups excluding tert-OH is 1. The van der Waals surface area contributed by atoms with Gasteiger partial charge in [0.2, 0.25) is 0 Å². The lowest BCUT2D eigenvalue weighted by molar-refractivity contribution is -0.138. The molecule has 14 heteroatoms. The molecule has 5 rings (SSSR count). The van der Waals surface area contributed by atoms with Crippen LogP contribution >= 0.6 is 0 Å². The summed E-state index contributed by atoms with van der Waals surface area (Å²) < 4.78 is 34.1. The van der Waals surface area contributed by atoms with Crippen molar-refractivity contribution in [2.45, 2.75) is 59.8 Å². The Morgan fingerprint density at radius 1 is 0.784 bits per heavy atom. The number of carboxylic acid groups (broad SMARTS) is 2. The number of aliphatic carboxylic acids is 2. The zero-order chi connectivity index (χ0) is 37.4. The molecule has 4 aliphatic heterocycles. The number of carboxylic acids is 2. The summed E-state index contributed by atoms with van der Waals surface area (Å²) in [6.07, 6.45) is 8.61. The Morgan fingerprint density at radius 3 is 2.04 bits per heavy atom. The molecule has 0 amide bonds. The van der Waals surface area contributed by atoms with Gasteiger partial charge in [-0.3, -0.25) is 14.1 Å². The lowest BCUT2D eigenvalue weighted by Gasteiger charge is -2.14. The van der Waals surface area contributed by atoms with E-state index in [9.17, 15) is 37.9 Å². The van der Waals surface area contributed by atoms with Gasteiger partial charge in [0.25, 0.3) is 0 Å². The standard InChI is InChI=1S/C37H39N5O8S/c1-7-22-21(6)36-35(32(43)13-14-38-51(48,49)50)37-23(8-2)18(3)28(41-37)15-26-19(4)24(9-11-33(44)45)30(39-26)17-31-25(10-12-34(46)47)20(5)27(40-31)16-29(22)42-36/h7-8,15-17,38,40,43H,1-2,9-14H2,3-6H3,(H,44,45)(H,46,47)(H,48,49,50). The van der Waals surface area contributed by atoms with E-state index in [1.807, 2.05) is 44.6 Å². The van der Waals surface area contributed by atoms with Gasteiger partial charge in [0, 0.05) is 48.3 Å². The van der Waals surface area contributed by atoms with Crippen LogP contribution in [-0.4, -0.2) is 68.9 Å². The van der Waals surface area contributed by atoms with Crippen molar-refractivity contribution in [1.29, 1.82) is 0 Å². The van der Waals surface area contributed by atoms with Crippen LogP contribution in [0.2, 0.25) is 0 Å². The molecule has 0 unspecified atom stereocenters. The number of aliphatic hydroxyl groups is 1. The monoisotopic (exact) mass is 713 g/mol. The van der Waals surface area contributed by atoms with Gasteiger partial charge in [-0.1, -0.05) is 25.3 Å². The topological polar surface area (TPSA) is 214 Å². The van der Waals surface area contributed by atoms with Gasteiger partial charge in [0.1, 0.15) is 5.76 Å². The van der Waals surface area contributed by atoms with Crippen molar-refractivity contribution in [3.8, 4) is 0 Å². The molecule has 1 aromatic heterocycles. The van der Waals surface area contributed by atoms with Gasteiger partial charge in [-0.15, -0.1) is 0 Å². The highest BCUT2D eigenvalue weighted by Gasteiger charge is 2.33. The highest BCUT2D eigenvalue weighted by molar-refractivity contribution is 7.83. The molecule has 6 N–H and O–H groups in total. The van der Waals surface area contributed by atoms with Gasteiger partial charge in [-0.25, -0.2) is 15.0 Å². The van der Waals surface area contributed by atoms with Gasteiger partial charge >= 0.3 is 22.2 Å². The second kappa shape index (κ2) is 14.4. The van der Waals surface area contributed by atoms with E-state index in [-0.39, 0.29) is 50.0 Å². The number of carbonyl (C=O) groups is 2. The maximum Gasteiger partial charge on any atom is 0.333 e. The molecule has 5 heterocycles. The number of allylic oxidation sites excluding steroid dienone is 9. The third kappa shape index (κ3) is 7.53. The predicted molar refractivity (Wildman–Crippen MR) is 197 cm³/mol. The number of aliphatic imine (C=N–C) groups is 3. The maximum atomic E-state index is 11.7. The first kappa shape index (κ1) is 36.8. The minimum Gasteiger partial charge on any atom is -0.511 e. The lowest BCUT2D eigenvalue weighted by Crippen LogP contribution is -2.25. The summed E-state index contributed by atoms with van der Waals surface area (Å²) in [4.78, 5) is 41.6. The minimum absolute atomic E-state index is 0.122. The maximum absolute atomic E-state index is 11.7. The van der Waals surface area contributed by atoms with Gasteiger partial charge in [-0.2, -0.15) is 13.1 Å². The van der Waals surface area contributed by atoms with Crippen molar-refractivity contribution < 1.29 is 37.9 Å². The molecule has 0 fully saturated rings. The average molecular weight is 714 g/mol. The summed E-state index contributed by atoms with van der Waals surface area (Å²) >= 11 is 0. The zero-order valence-electron chi connectivity index (χ0n) is 28.7. The molecule has 0 atom stereocenters. The highest BCUT2D eigenvalue weighted by atomic mass is 32.2.